The van der Waals surface area contributed by atoms with Crippen LogP contribution in [-0.2, 0) is 13.0 Å². The van der Waals surface area contributed by atoms with Crippen molar-refractivity contribution in [3.63, 3.8) is 0 Å². The normalized spacial score (nSPS) is 16.4. The van der Waals surface area contributed by atoms with Gasteiger partial charge < -0.3 is 4.42 Å². The van der Waals surface area contributed by atoms with Crippen molar-refractivity contribution >= 4 is 0 Å². The fourth-order valence-corrected chi connectivity index (χ4v) is 3.86. The Morgan fingerprint density at radius 1 is 1.20 bits per heavy atom. The molecule has 3 heterocycles. The van der Waals surface area contributed by atoms with Gasteiger partial charge in [-0.25, -0.2) is 0 Å². The molecule has 0 unspecified atom stereocenters. The first-order valence-corrected chi connectivity index (χ1v) is 9.21. The van der Waals surface area contributed by atoms with Gasteiger partial charge in [0.25, 0.3) is 0 Å². The van der Waals surface area contributed by atoms with Crippen LogP contribution in [0.1, 0.15) is 42.5 Å². The standard InChI is InChI=1S/C21H25N3O/c1-2-17-14-22-23-21(17)18-8-10-24(11-9-18)15-16-5-3-6-19(13-16)20-7-4-12-25-20/h3-7,12-14,18H,2,8-11,15H2,1H3,(H,22,23). The average molecular weight is 335 g/mol. The minimum Gasteiger partial charge on any atom is -0.464 e. The van der Waals surface area contributed by atoms with Crippen LogP contribution in [0.15, 0.2) is 53.3 Å². The number of benzene rings is 1. The zero-order chi connectivity index (χ0) is 17.1. The number of hydrogen-bond acceptors (Lipinski definition) is 3. The van der Waals surface area contributed by atoms with Crippen molar-refractivity contribution in [3.8, 4) is 11.3 Å². The number of aromatic nitrogens is 2. The molecule has 0 atom stereocenters. The van der Waals surface area contributed by atoms with E-state index < -0.39 is 0 Å². The number of aryl methyl sites for hydroxylation is 1. The Balaban J connectivity index is 1.38. The molecular weight excluding hydrogens is 310 g/mol. The van der Waals surface area contributed by atoms with Gasteiger partial charge in [0.05, 0.1) is 12.5 Å². The van der Waals surface area contributed by atoms with E-state index in [4.69, 9.17) is 4.42 Å². The Hall–Kier alpha value is -2.33. The molecule has 25 heavy (non-hydrogen) atoms. The molecule has 1 saturated heterocycles. The number of furan rings is 1. The summed E-state index contributed by atoms with van der Waals surface area (Å²) in [6.45, 7) is 5.48. The number of rotatable bonds is 5. The van der Waals surface area contributed by atoms with Crippen LogP contribution in [0.5, 0.6) is 0 Å². The van der Waals surface area contributed by atoms with E-state index >= 15 is 0 Å². The van der Waals surface area contributed by atoms with E-state index in [1.165, 1.54) is 29.7 Å². The van der Waals surface area contributed by atoms with Crippen molar-refractivity contribution < 1.29 is 4.42 Å². The van der Waals surface area contributed by atoms with Crippen LogP contribution in [-0.4, -0.2) is 28.2 Å². The van der Waals surface area contributed by atoms with Gasteiger partial charge in [0.1, 0.15) is 5.76 Å². The first kappa shape index (κ1) is 16.2. The summed E-state index contributed by atoms with van der Waals surface area (Å²) in [6.07, 6.45) is 7.18. The molecule has 1 aromatic carbocycles. The number of aromatic amines is 1. The smallest absolute Gasteiger partial charge is 0.133 e. The number of likely N-dealkylation sites (tertiary alicyclic amines) is 1. The highest BCUT2D eigenvalue weighted by Gasteiger charge is 2.23. The molecule has 4 rings (SSSR count). The second-order valence-electron chi connectivity index (χ2n) is 6.89. The predicted molar refractivity (Wildman–Crippen MR) is 99.4 cm³/mol. The van der Waals surface area contributed by atoms with Crippen LogP contribution in [0.3, 0.4) is 0 Å². The largest absolute Gasteiger partial charge is 0.464 e. The number of hydrogen-bond donors (Lipinski definition) is 1. The Labute approximate surface area is 148 Å². The van der Waals surface area contributed by atoms with Crippen molar-refractivity contribution in [2.24, 2.45) is 0 Å². The maximum Gasteiger partial charge on any atom is 0.133 e. The molecule has 0 radical (unpaired) electrons. The first-order chi connectivity index (χ1) is 12.3. The molecule has 1 fully saturated rings. The summed E-state index contributed by atoms with van der Waals surface area (Å²) in [6, 6.07) is 12.6. The minimum atomic E-state index is 0.628. The molecule has 0 bridgehead atoms. The van der Waals surface area contributed by atoms with Gasteiger partial charge in [-0.05, 0) is 61.7 Å². The molecule has 1 N–H and O–H groups in total. The Bertz CT molecular complexity index is 798. The van der Waals surface area contributed by atoms with Crippen LogP contribution in [0.25, 0.3) is 11.3 Å². The summed E-state index contributed by atoms with van der Waals surface area (Å²) < 4.78 is 5.52. The molecule has 0 aliphatic carbocycles. The van der Waals surface area contributed by atoms with Gasteiger partial charge in [-0.15, -0.1) is 0 Å². The lowest BCUT2D eigenvalue weighted by atomic mass is 9.90. The molecule has 0 saturated carbocycles. The molecule has 0 amide bonds. The SMILES string of the molecule is CCc1cn[nH]c1C1CCN(Cc2cccc(-c3ccco3)c2)CC1. The molecule has 4 heteroatoms. The molecule has 130 valence electrons. The monoisotopic (exact) mass is 335 g/mol. The van der Waals surface area contributed by atoms with Gasteiger partial charge >= 0.3 is 0 Å². The number of piperidine rings is 1. The van der Waals surface area contributed by atoms with Gasteiger partial charge in [0.15, 0.2) is 0 Å². The summed E-state index contributed by atoms with van der Waals surface area (Å²) in [5, 5.41) is 7.48. The first-order valence-electron chi connectivity index (χ1n) is 9.21. The topological polar surface area (TPSA) is 45.1 Å². The summed E-state index contributed by atoms with van der Waals surface area (Å²) >= 11 is 0. The minimum absolute atomic E-state index is 0.628. The third-order valence-electron chi connectivity index (χ3n) is 5.27. The highest BCUT2D eigenvalue weighted by Crippen LogP contribution is 2.30. The van der Waals surface area contributed by atoms with Crippen molar-refractivity contribution in [1.82, 2.24) is 15.1 Å². The molecule has 0 spiro atoms. The number of nitrogens with one attached hydrogen (secondary N) is 1. The highest BCUT2D eigenvalue weighted by molar-refractivity contribution is 5.58. The average Bonchev–Trinajstić information content (AvgIpc) is 3.34. The Kier molecular flexibility index (Phi) is 4.70. The zero-order valence-corrected chi connectivity index (χ0v) is 14.7. The summed E-state index contributed by atoms with van der Waals surface area (Å²) in [7, 11) is 0. The number of nitrogens with zero attached hydrogens (tertiary/aromatic N) is 2. The number of H-pyrrole nitrogens is 1. The quantitative estimate of drug-likeness (QED) is 0.740. The van der Waals surface area contributed by atoms with Crippen molar-refractivity contribution in [1.29, 1.82) is 0 Å². The maximum atomic E-state index is 5.52. The van der Waals surface area contributed by atoms with E-state index in [1.54, 1.807) is 6.26 Å². The van der Waals surface area contributed by atoms with E-state index in [0.29, 0.717) is 5.92 Å². The van der Waals surface area contributed by atoms with Gasteiger partial charge in [-0.2, -0.15) is 5.10 Å². The van der Waals surface area contributed by atoms with E-state index in [-0.39, 0.29) is 0 Å². The summed E-state index contributed by atoms with van der Waals surface area (Å²) in [4.78, 5) is 2.56. The van der Waals surface area contributed by atoms with Crippen LogP contribution >= 0.6 is 0 Å². The molecule has 1 aliphatic rings. The fourth-order valence-electron chi connectivity index (χ4n) is 3.86. The van der Waals surface area contributed by atoms with E-state index in [9.17, 15) is 0 Å². The molecule has 2 aromatic heterocycles. The lowest BCUT2D eigenvalue weighted by Crippen LogP contribution is -2.32. The van der Waals surface area contributed by atoms with Gasteiger partial charge in [-0.1, -0.05) is 25.1 Å². The Morgan fingerprint density at radius 3 is 2.84 bits per heavy atom. The third kappa shape index (κ3) is 3.54. The van der Waals surface area contributed by atoms with E-state index in [1.807, 2.05) is 18.3 Å². The molecule has 1 aliphatic heterocycles. The zero-order valence-electron chi connectivity index (χ0n) is 14.7. The molecular formula is C21H25N3O. The lowest BCUT2D eigenvalue weighted by Gasteiger charge is -2.32. The highest BCUT2D eigenvalue weighted by atomic mass is 16.3. The summed E-state index contributed by atoms with van der Waals surface area (Å²) in [5.41, 5.74) is 5.25. The fraction of sp³-hybridized carbons (Fsp3) is 0.381. The Morgan fingerprint density at radius 2 is 2.08 bits per heavy atom. The van der Waals surface area contributed by atoms with Crippen molar-refractivity contribution in [3.05, 3.63) is 65.7 Å². The van der Waals surface area contributed by atoms with Gasteiger partial charge in [0.2, 0.25) is 0 Å². The van der Waals surface area contributed by atoms with Crippen LogP contribution in [0.2, 0.25) is 0 Å². The van der Waals surface area contributed by atoms with Crippen molar-refractivity contribution in [2.45, 2.75) is 38.6 Å². The van der Waals surface area contributed by atoms with Crippen molar-refractivity contribution in [2.75, 3.05) is 13.1 Å². The van der Waals surface area contributed by atoms with E-state index in [2.05, 4.69) is 46.3 Å². The second kappa shape index (κ2) is 7.28. The predicted octanol–water partition coefficient (Wildman–Crippen LogP) is 4.61. The summed E-state index contributed by atoms with van der Waals surface area (Å²) in [5.74, 6) is 1.56. The molecule has 4 nitrogen and oxygen atoms in total. The van der Waals surface area contributed by atoms with E-state index in [0.717, 1.165) is 37.4 Å². The van der Waals surface area contributed by atoms with Gasteiger partial charge in [-0.3, -0.25) is 10.00 Å². The van der Waals surface area contributed by atoms with Crippen LogP contribution in [0.4, 0.5) is 0 Å². The van der Waals surface area contributed by atoms with Crippen LogP contribution < -0.4 is 0 Å². The van der Waals surface area contributed by atoms with Crippen LogP contribution in [0, 0.1) is 0 Å². The maximum absolute atomic E-state index is 5.52. The third-order valence-corrected chi connectivity index (χ3v) is 5.27. The molecule has 3 aromatic rings. The van der Waals surface area contributed by atoms with Gasteiger partial charge in [0, 0.05) is 23.7 Å². The second-order valence-corrected chi connectivity index (χ2v) is 6.89. The lowest BCUT2D eigenvalue weighted by molar-refractivity contribution is 0.203.